The van der Waals surface area contributed by atoms with Crippen LogP contribution in [0.3, 0.4) is 0 Å². The van der Waals surface area contributed by atoms with Crippen LogP contribution in [0, 0.1) is 0 Å². The molecule has 4 heteroatoms. The lowest BCUT2D eigenvalue weighted by atomic mass is 10.1. The van der Waals surface area contributed by atoms with Gasteiger partial charge in [-0.15, -0.1) is 22.7 Å². The quantitative estimate of drug-likeness (QED) is 0.448. The van der Waals surface area contributed by atoms with E-state index in [1.54, 1.807) is 22.7 Å². The van der Waals surface area contributed by atoms with Crippen molar-refractivity contribution in [3.8, 4) is 10.4 Å². The molecule has 0 nitrogen and oxygen atoms in total. The van der Waals surface area contributed by atoms with Crippen molar-refractivity contribution < 1.29 is 0 Å². The fraction of sp³-hybridized carbons (Fsp3) is 0. The molecule has 90 valence electrons. The van der Waals surface area contributed by atoms with Crippen LogP contribution in [-0.4, -0.2) is 0 Å². The molecule has 2 heterocycles. The van der Waals surface area contributed by atoms with Gasteiger partial charge in [-0.3, -0.25) is 0 Å². The van der Waals surface area contributed by atoms with Crippen LogP contribution in [0.4, 0.5) is 0 Å². The summed E-state index contributed by atoms with van der Waals surface area (Å²) in [6.45, 7) is 0. The van der Waals surface area contributed by atoms with Gasteiger partial charge in [0.15, 0.2) is 0 Å². The second-order valence-electron chi connectivity index (χ2n) is 3.78. The molecular formula is C14H8Br2S2. The van der Waals surface area contributed by atoms with Crippen LogP contribution in [0.1, 0.15) is 5.56 Å². The lowest BCUT2D eigenvalue weighted by Gasteiger charge is -1.99. The van der Waals surface area contributed by atoms with Crippen LogP contribution in [0.2, 0.25) is 0 Å². The molecule has 2 aromatic heterocycles. The Labute approximate surface area is 130 Å². The van der Waals surface area contributed by atoms with Crippen LogP contribution in [0.25, 0.3) is 26.6 Å². The maximum Gasteiger partial charge on any atom is 0.0610 e. The van der Waals surface area contributed by atoms with Gasteiger partial charge in [0, 0.05) is 25.9 Å². The Bertz CT molecular complexity index is 718. The molecule has 0 amide bonds. The van der Waals surface area contributed by atoms with Gasteiger partial charge in [0.25, 0.3) is 0 Å². The smallest absolute Gasteiger partial charge is 0.0610 e. The summed E-state index contributed by atoms with van der Waals surface area (Å²) in [5.41, 5.74) is 2.57. The molecule has 0 saturated carbocycles. The average molecular weight is 400 g/mol. The highest BCUT2D eigenvalue weighted by molar-refractivity contribution is 9.28. The second-order valence-corrected chi connectivity index (χ2v) is 8.38. The molecule has 3 rings (SSSR count). The summed E-state index contributed by atoms with van der Waals surface area (Å²) >= 11 is 10.4. The van der Waals surface area contributed by atoms with E-state index in [1.807, 2.05) is 0 Å². The molecule has 0 unspecified atom stereocenters. The third-order valence-electron chi connectivity index (χ3n) is 2.69. The van der Waals surface area contributed by atoms with Gasteiger partial charge >= 0.3 is 0 Å². The minimum absolute atomic E-state index is 0.967. The van der Waals surface area contributed by atoms with Gasteiger partial charge < -0.3 is 0 Å². The maximum absolute atomic E-state index is 3.43. The maximum atomic E-state index is 3.43. The minimum Gasteiger partial charge on any atom is -0.143 e. The molecule has 1 aromatic carbocycles. The summed E-state index contributed by atoms with van der Waals surface area (Å²) in [4.78, 5) is 1.32. The predicted octanol–water partition coefficient (Wildman–Crippen LogP) is 6.72. The monoisotopic (exact) mass is 398 g/mol. The number of rotatable bonds is 2. The first-order valence-corrected chi connectivity index (χ1v) is 8.67. The molecule has 0 bridgehead atoms. The zero-order valence-electron chi connectivity index (χ0n) is 9.19. The third kappa shape index (κ3) is 2.35. The lowest BCUT2D eigenvalue weighted by molar-refractivity contribution is 1.81. The standard InChI is InChI=1S/C14H8Br2S2/c15-13(16)7-9-5-6-17-14(9)11-8-18-12-4-2-1-3-10(11)12/h1-8H. The number of thiophene rings is 2. The lowest BCUT2D eigenvalue weighted by Crippen LogP contribution is -1.74. The van der Waals surface area contributed by atoms with E-state index in [2.05, 4.69) is 79.0 Å². The number of halogens is 2. The van der Waals surface area contributed by atoms with E-state index in [1.165, 1.54) is 26.1 Å². The second kappa shape index (κ2) is 5.29. The van der Waals surface area contributed by atoms with E-state index < -0.39 is 0 Å². The van der Waals surface area contributed by atoms with Crippen molar-refractivity contribution in [3.05, 3.63) is 50.0 Å². The van der Waals surface area contributed by atoms with Gasteiger partial charge in [-0.25, -0.2) is 0 Å². The first-order chi connectivity index (χ1) is 8.75. The number of hydrogen-bond donors (Lipinski definition) is 0. The normalized spacial score (nSPS) is 10.8. The SMILES string of the molecule is BrC(Br)=Cc1ccsc1-c1csc2ccccc12. The Morgan fingerprint density at radius 3 is 2.72 bits per heavy atom. The molecule has 18 heavy (non-hydrogen) atoms. The molecule has 0 saturated heterocycles. The summed E-state index contributed by atoms with van der Waals surface area (Å²) in [5, 5.41) is 5.72. The average Bonchev–Trinajstić information content (AvgIpc) is 2.94. The molecule has 0 fully saturated rings. The number of benzene rings is 1. The summed E-state index contributed by atoms with van der Waals surface area (Å²) in [6.07, 6.45) is 2.10. The highest BCUT2D eigenvalue weighted by atomic mass is 79.9. The van der Waals surface area contributed by atoms with Gasteiger partial charge in [0.2, 0.25) is 0 Å². The highest BCUT2D eigenvalue weighted by Gasteiger charge is 2.10. The van der Waals surface area contributed by atoms with Gasteiger partial charge in [-0.05, 0) is 61.0 Å². The molecular weight excluding hydrogens is 392 g/mol. The van der Waals surface area contributed by atoms with Crippen LogP contribution in [0.5, 0.6) is 0 Å². The third-order valence-corrected chi connectivity index (χ3v) is 5.07. The molecule has 0 spiro atoms. The van der Waals surface area contributed by atoms with Crippen LogP contribution in [-0.2, 0) is 0 Å². The molecule has 0 aliphatic rings. The van der Waals surface area contributed by atoms with Crippen molar-refractivity contribution in [2.75, 3.05) is 0 Å². The van der Waals surface area contributed by atoms with Gasteiger partial charge in [-0.2, -0.15) is 0 Å². The van der Waals surface area contributed by atoms with E-state index in [9.17, 15) is 0 Å². The molecule has 0 aliphatic carbocycles. The molecule has 0 aliphatic heterocycles. The number of hydrogen-bond acceptors (Lipinski definition) is 2. The Morgan fingerprint density at radius 1 is 1.06 bits per heavy atom. The van der Waals surface area contributed by atoms with Crippen molar-refractivity contribution in [2.45, 2.75) is 0 Å². The van der Waals surface area contributed by atoms with Crippen molar-refractivity contribution in [1.82, 2.24) is 0 Å². The van der Waals surface area contributed by atoms with Crippen molar-refractivity contribution in [3.63, 3.8) is 0 Å². The minimum atomic E-state index is 0.967. The van der Waals surface area contributed by atoms with Crippen molar-refractivity contribution in [2.24, 2.45) is 0 Å². The van der Waals surface area contributed by atoms with E-state index in [-0.39, 0.29) is 0 Å². The van der Waals surface area contributed by atoms with Crippen LogP contribution >= 0.6 is 54.5 Å². The van der Waals surface area contributed by atoms with E-state index in [0.717, 1.165) is 3.39 Å². The zero-order chi connectivity index (χ0) is 12.5. The summed E-state index contributed by atoms with van der Waals surface area (Å²) in [7, 11) is 0. The molecule has 0 radical (unpaired) electrons. The van der Waals surface area contributed by atoms with Gasteiger partial charge in [0.1, 0.15) is 0 Å². The van der Waals surface area contributed by atoms with E-state index >= 15 is 0 Å². The molecule has 3 aromatic rings. The highest BCUT2D eigenvalue weighted by Crippen LogP contribution is 2.39. The van der Waals surface area contributed by atoms with Crippen molar-refractivity contribution >= 4 is 70.7 Å². The van der Waals surface area contributed by atoms with Gasteiger partial charge in [-0.1, -0.05) is 18.2 Å². The van der Waals surface area contributed by atoms with Crippen LogP contribution in [0.15, 0.2) is 44.5 Å². The summed E-state index contributed by atoms with van der Waals surface area (Å²) in [5.74, 6) is 0. The largest absolute Gasteiger partial charge is 0.143 e. The molecule has 0 atom stereocenters. The first-order valence-electron chi connectivity index (χ1n) is 5.32. The molecule has 0 N–H and O–H groups in total. The summed E-state index contributed by atoms with van der Waals surface area (Å²) < 4.78 is 2.31. The Morgan fingerprint density at radius 2 is 1.89 bits per heavy atom. The predicted molar refractivity (Wildman–Crippen MR) is 91.0 cm³/mol. The Balaban J connectivity index is 2.21. The first kappa shape index (κ1) is 12.6. The number of fused-ring (bicyclic) bond motifs is 1. The fourth-order valence-electron chi connectivity index (χ4n) is 1.92. The van der Waals surface area contributed by atoms with E-state index in [0.29, 0.717) is 0 Å². The topological polar surface area (TPSA) is 0 Å². The van der Waals surface area contributed by atoms with E-state index in [4.69, 9.17) is 0 Å². The van der Waals surface area contributed by atoms with Crippen LogP contribution < -0.4 is 0 Å². The van der Waals surface area contributed by atoms with Crippen molar-refractivity contribution in [1.29, 1.82) is 0 Å². The Hall–Kier alpha value is -0.420. The zero-order valence-corrected chi connectivity index (χ0v) is 14.0. The Kier molecular flexibility index (Phi) is 3.71. The summed E-state index contributed by atoms with van der Waals surface area (Å²) in [6, 6.07) is 10.7. The van der Waals surface area contributed by atoms with Gasteiger partial charge in [0.05, 0.1) is 3.39 Å². The fourth-order valence-corrected chi connectivity index (χ4v) is 4.35.